The lowest BCUT2D eigenvalue weighted by Crippen LogP contribution is -2.19. The van der Waals surface area contributed by atoms with Crippen LogP contribution in [0.4, 0.5) is 11.5 Å². The molecule has 2 heterocycles. The van der Waals surface area contributed by atoms with Crippen LogP contribution in [-0.4, -0.2) is 50.9 Å². The third kappa shape index (κ3) is 3.84. The first-order valence-electron chi connectivity index (χ1n) is 7.98. The van der Waals surface area contributed by atoms with E-state index in [-0.39, 0.29) is 11.7 Å². The number of amides is 1. The summed E-state index contributed by atoms with van der Waals surface area (Å²) in [4.78, 5) is 18.4. The van der Waals surface area contributed by atoms with E-state index in [1.54, 1.807) is 12.3 Å². The third-order valence-electron chi connectivity index (χ3n) is 3.95. The molecule has 3 rings (SSSR count). The van der Waals surface area contributed by atoms with Gasteiger partial charge in [-0.15, -0.1) is 5.10 Å². The Morgan fingerprint density at radius 1 is 1.42 bits per heavy atom. The van der Waals surface area contributed by atoms with Crippen molar-refractivity contribution in [1.82, 2.24) is 25.2 Å². The molecule has 0 saturated heterocycles. The maximum absolute atomic E-state index is 12.3. The van der Waals surface area contributed by atoms with Crippen LogP contribution in [0, 0.1) is 0 Å². The third-order valence-corrected chi connectivity index (χ3v) is 4.88. The molecule has 24 heavy (non-hydrogen) atoms. The van der Waals surface area contributed by atoms with Crippen LogP contribution in [0.25, 0.3) is 0 Å². The van der Waals surface area contributed by atoms with Crippen molar-refractivity contribution in [1.29, 1.82) is 0 Å². The highest BCUT2D eigenvalue weighted by molar-refractivity contribution is 7.99. The molecule has 1 amide bonds. The average molecular weight is 347 g/mol. The van der Waals surface area contributed by atoms with Gasteiger partial charge in [-0.25, -0.2) is 9.67 Å². The first-order chi connectivity index (χ1) is 11.6. The Balaban J connectivity index is 1.60. The maximum Gasteiger partial charge on any atom is 0.234 e. The van der Waals surface area contributed by atoms with Gasteiger partial charge in [-0.2, -0.15) is 0 Å². The molecule has 128 valence electrons. The van der Waals surface area contributed by atoms with E-state index in [1.165, 1.54) is 24.6 Å². The van der Waals surface area contributed by atoms with E-state index in [2.05, 4.69) is 25.8 Å². The summed E-state index contributed by atoms with van der Waals surface area (Å²) in [7, 11) is 3.78. The molecule has 2 aromatic heterocycles. The minimum Gasteiger partial charge on any atom is -0.361 e. The Kier molecular flexibility index (Phi) is 5.29. The molecule has 0 spiro atoms. The summed E-state index contributed by atoms with van der Waals surface area (Å²) < 4.78 is 1.86. The largest absolute Gasteiger partial charge is 0.361 e. The summed E-state index contributed by atoms with van der Waals surface area (Å²) in [5.41, 5.74) is 0.698. The van der Waals surface area contributed by atoms with Gasteiger partial charge < -0.3 is 10.2 Å². The Labute approximate surface area is 145 Å². The maximum atomic E-state index is 12.3. The number of carbonyl (C=O) groups excluding carboxylic acids is 1. The Hall–Kier alpha value is -2.16. The van der Waals surface area contributed by atoms with Crippen LogP contribution in [0.3, 0.4) is 0 Å². The van der Waals surface area contributed by atoms with E-state index < -0.39 is 0 Å². The zero-order chi connectivity index (χ0) is 16.9. The number of anilines is 2. The predicted molar refractivity (Wildman–Crippen MR) is 93.2 cm³/mol. The Bertz CT molecular complexity index is 697. The molecule has 1 N–H and O–H groups in total. The topological polar surface area (TPSA) is 88.8 Å². The normalized spacial score (nSPS) is 14.8. The van der Waals surface area contributed by atoms with Crippen molar-refractivity contribution < 1.29 is 4.79 Å². The fourth-order valence-electron chi connectivity index (χ4n) is 2.83. The van der Waals surface area contributed by atoms with Crippen molar-refractivity contribution >= 4 is 29.2 Å². The lowest BCUT2D eigenvalue weighted by Gasteiger charge is -2.16. The fraction of sp³-hybridized carbons (Fsp3) is 0.533. The highest BCUT2D eigenvalue weighted by Gasteiger charge is 2.22. The molecule has 0 atom stereocenters. The molecule has 1 aliphatic rings. The summed E-state index contributed by atoms with van der Waals surface area (Å²) in [5.74, 6) is 0.887. The number of pyridine rings is 1. The fourth-order valence-corrected chi connectivity index (χ4v) is 3.57. The van der Waals surface area contributed by atoms with Crippen LogP contribution >= 0.6 is 11.8 Å². The predicted octanol–water partition coefficient (Wildman–Crippen LogP) is 1.98. The zero-order valence-corrected chi connectivity index (χ0v) is 14.7. The van der Waals surface area contributed by atoms with Crippen molar-refractivity contribution in [3.05, 3.63) is 18.3 Å². The summed E-state index contributed by atoms with van der Waals surface area (Å²) in [6.45, 7) is 0. The van der Waals surface area contributed by atoms with Gasteiger partial charge in [0.25, 0.3) is 0 Å². The van der Waals surface area contributed by atoms with Gasteiger partial charge in [0.1, 0.15) is 0 Å². The minimum absolute atomic E-state index is 0.0999. The molecule has 0 aliphatic heterocycles. The molecular formula is C15H21N7OS. The second-order valence-electron chi connectivity index (χ2n) is 5.95. The number of rotatable bonds is 6. The first kappa shape index (κ1) is 16.7. The van der Waals surface area contributed by atoms with E-state index in [0.29, 0.717) is 16.9 Å². The molecule has 1 fully saturated rings. The first-order valence-corrected chi connectivity index (χ1v) is 8.96. The van der Waals surface area contributed by atoms with Gasteiger partial charge in [-0.05, 0) is 35.4 Å². The number of aromatic nitrogens is 5. The van der Waals surface area contributed by atoms with Gasteiger partial charge in [0, 0.05) is 20.3 Å². The van der Waals surface area contributed by atoms with Crippen molar-refractivity contribution in [3.8, 4) is 0 Å². The summed E-state index contributed by atoms with van der Waals surface area (Å²) >= 11 is 1.36. The quantitative estimate of drug-likeness (QED) is 0.799. The van der Waals surface area contributed by atoms with Crippen molar-refractivity contribution in [2.75, 3.05) is 30.1 Å². The molecule has 0 bridgehead atoms. The van der Waals surface area contributed by atoms with Gasteiger partial charge in [-0.1, -0.05) is 24.6 Å². The summed E-state index contributed by atoms with van der Waals surface area (Å²) in [6, 6.07) is 4.01. The van der Waals surface area contributed by atoms with Crippen LogP contribution < -0.4 is 10.2 Å². The van der Waals surface area contributed by atoms with Crippen molar-refractivity contribution in [2.45, 2.75) is 36.9 Å². The standard InChI is InChI=1S/C15H21N7OS/c1-21(2)14-12(8-5-9-16-14)17-13(23)10-24-15-18-19-20-22(15)11-6-3-4-7-11/h5,8-9,11H,3-4,6-7,10H2,1-2H3,(H,17,23). The number of nitrogens with one attached hydrogen (secondary N) is 1. The molecular weight excluding hydrogens is 326 g/mol. The van der Waals surface area contributed by atoms with E-state index in [0.717, 1.165) is 18.7 Å². The van der Waals surface area contributed by atoms with E-state index in [1.807, 2.05) is 29.7 Å². The molecule has 0 radical (unpaired) electrons. The molecule has 0 unspecified atom stereocenters. The van der Waals surface area contributed by atoms with Crippen LogP contribution in [0.5, 0.6) is 0 Å². The SMILES string of the molecule is CN(C)c1ncccc1NC(=O)CSc1nnnn1C1CCCC1. The molecule has 1 aliphatic carbocycles. The highest BCUT2D eigenvalue weighted by atomic mass is 32.2. The monoisotopic (exact) mass is 347 g/mol. The van der Waals surface area contributed by atoms with Crippen LogP contribution in [0.2, 0.25) is 0 Å². The minimum atomic E-state index is -0.0999. The van der Waals surface area contributed by atoms with Crippen molar-refractivity contribution in [3.63, 3.8) is 0 Å². The van der Waals surface area contributed by atoms with Gasteiger partial charge in [0.15, 0.2) is 5.82 Å². The molecule has 8 nitrogen and oxygen atoms in total. The lowest BCUT2D eigenvalue weighted by molar-refractivity contribution is -0.113. The van der Waals surface area contributed by atoms with Crippen LogP contribution in [0.15, 0.2) is 23.5 Å². The second-order valence-corrected chi connectivity index (χ2v) is 6.89. The van der Waals surface area contributed by atoms with Crippen LogP contribution in [-0.2, 0) is 4.79 Å². The number of carbonyl (C=O) groups is 1. The summed E-state index contributed by atoms with van der Waals surface area (Å²) in [6.07, 6.45) is 6.34. The van der Waals surface area contributed by atoms with Gasteiger partial charge >= 0.3 is 0 Å². The zero-order valence-electron chi connectivity index (χ0n) is 13.8. The van der Waals surface area contributed by atoms with Gasteiger partial charge in [0.2, 0.25) is 11.1 Å². The molecule has 0 aromatic carbocycles. The smallest absolute Gasteiger partial charge is 0.234 e. The molecule has 1 saturated carbocycles. The van der Waals surface area contributed by atoms with Crippen LogP contribution in [0.1, 0.15) is 31.7 Å². The summed E-state index contributed by atoms with van der Waals surface area (Å²) in [5, 5.41) is 15.5. The lowest BCUT2D eigenvalue weighted by atomic mass is 10.3. The second kappa shape index (κ2) is 7.61. The highest BCUT2D eigenvalue weighted by Crippen LogP contribution is 2.31. The number of nitrogens with zero attached hydrogens (tertiary/aromatic N) is 6. The number of thioether (sulfide) groups is 1. The van der Waals surface area contributed by atoms with E-state index in [9.17, 15) is 4.79 Å². The van der Waals surface area contributed by atoms with Crippen molar-refractivity contribution in [2.24, 2.45) is 0 Å². The number of hydrogen-bond donors (Lipinski definition) is 1. The molecule has 2 aromatic rings. The van der Waals surface area contributed by atoms with Gasteiger partial charge in [0.05, 0.1) is 17.5 Å². The Morgan fingerprint density at radius 2 is 2.21 bits per heavy atom. The molecule has 9 heteroatoms. The Morgan fingerprint density at radius 3 is 2.96 bits per heavy atom. The van der Waals surface area contributed by atoms with Gasteiger partial charge in [-0.3, -0.25) is 4.79 Å². The van der Waals surface area contributed by atoms with E-state index >= 15 is 0 Å². The van der Waals surface area contributed by atoms with E-state index in [4.69, 9.17) is 0 Å². The number of hydrogen-bond acceptors (Lipinski definition) is 7. The average Bonchev–Trinajstić information content (AvgIpc) is 3.24. The number of tetrazole rings is 1.